The zero-order valence-electron chi connectivity index (χ0n) is 14.2. The lowest BCUT2D eigenvalue weighted by Gasteiger charge is -2.11. The first kappa shape index (κ1) is 15.8. The van der Waals surface area contributed by atoms with Crippen molar-refractivity contribution in [1.82, 2.24) is 5.43 Å². The van der Waals surface area contributed by atoms with Gasteiger partial charge in [-0.05, 0) is 35.1 Å². The van der Waals surface area contributed by atoms with Crippen LogP contribution in [-0.4, -0.2) is 11.5 Å². The monoisotopic (exact) mass is 345 g/mol. The highest BCUT2D eigenvalue weighted by atomic mass is 32.1. The third-order valence-electron chi connectivity index (χ3n) is 4.25. The minimum atomic E-state index is 0.462. The van der Waals surface area contributed by atoms with Crippen LogP contribution < -0.4 is 5.43 Å². The van der Waals surface area contributed by atoms with Crippen molar-refractivity contribution in [2.45, 2.75) is 19.8 Å². The van der Waals surface area contributed by atoms with Gasteiger partial charge in [-0.15, -0.1) is 11.3 Å². The Morgan fingerprint density at radius 3 is 2.52 bits per heavy atom. The molecule has 0 saturated heterocycles. The molecule has 2 heterocycles. The summed E-state index contributed by atoms with van der Waals surface area (Å²) in [7, 11) is 0. The number of fused-ring (bicyclic) bond motifs is 1. The molecular weight excluding hydrogens is 326 g/mol. The van der Waals surface area contributed by atoms with E-state index in [9.17, 15) is 0 Å². The summed E-state index contributed by atoms with van der Waals surface area (Å²) in [6, 6.07) is 20.7. The average molecular weight is 345 g/mol. The van der Waals surface area contributed by atoms with E-state index >= 15 is 0 Å². The van der Waals surface area contributed by atoms with Crippen LogP contribution in [0.25, 0.3) is 0 Å². The van der Waals surface area contributed by atoms with E-state index in [4.69, 9.17) is 10.1 Å². The normalized spacial score (nSPS) is 13.6. The fraction of sp³-hybridized carbons (Fsp3) is 0.143. The summed E-state index contributed by atoms with van der Waals surface area (Å²) >= 11 is 1.69. The van der Waals surface area contributed by atoms with Gasteiger partial charge in [-0.25, -0.2) is 4.99 Å². The van der Waals surface area contributed by atoms with Gasteiger partial charge in [0.2, 0.25) is 0 Å². The molecule has 0 radical (unpaired) electrons. The maximum absolute atomic E-state index is 4.87. The molecule has 0 bridgehead atoms. The van der Waals surface area contributed by atoms with Crippen LogP contribution in [0.4, 0.5) is 5.69 Å². The summed E-state index contributed by atoms with van der Waals surface area (Å²) in [6.07, 6.45) is 0. The van der Waals surface area contributed by atoms with Crippen LogP contribution in [0.3, 0.4) is 0 Å². The second kappa shape index (κ2) is 6.65. The Morgan fingerprint density at radius 1 is 0.960 bits per heavy atom. The molecule has 0 amide bonds. The number of nitrogens with one attached hydrogen (secondary N) is 1. The van der Waals surface area contributed by atoms with Crippen molar-refractivity contribution in [3.63, 3.8) is 0 Å². The van der Waals surface area contributed by atoms with Crippen LogP contribution in [-0.2, 0) is 0 Å². The molecular formula is C21H19N3S. The van der Waals surface area contributed by atoms with E-state index in [1.165, 1.54) is 5.56 Å². The van der Waals surface area contributed by atoms with Crippen LogP contribution in [0.15, 0.2) is 76.1 Å². The molecule has 25 heavy (non-hydrogen) atoms. The first-order valence-electron chi connectivity index (χ1n) is 8.38. The van der Waals surface area contributed by atoms with Crippen LogP contribution in [0.1, 0.15) is 41.3 Å². The van der Waals surface area contributed by atoms with Crippen LogP contribution >= 0.6 is 11.3 Å². The van der Waals surface area contributed by atoms with Crippen molar-refractivity contribution in [1.29, 1.82) is 0 Å². The molecule has 4 heteroatoms. The summed E-state index contributed by atoms with van der Waals surface area (Å²) in [5.74, 6) is 1.23. The van der Waals surface area contributed by atoms with Gasteiger partial charge in [0, 0.05) is 11.1 Å². The van der Waals surface area contributed by atoms with E-state index in [1.54, 1.807) is 11.3 Å². The number of aliphatic imine (C=N–C) groups is 1. The van der Waals surface area contributed by atoms with Crippen molar-refractivity contribution >= 4 is 28.6 Å². The number of hydrazone groups is 1. The van der Waals surface area contributed by atoms with E-state index in [2.05, 4.69) is 55.0 Å². The minimum Gasteiger partial charge on any atom is -0.260 e. The minimum absolute atomic E-state index is 0.462. The number of hydrogen-bond donors (Lipinski definition) is 1. The first-order valence-corrected chi connectivity index (χ1v) is 9.26. The molecule has 3 nitrogen and oxygen atoms in total. The quantitative estimate of drug-likeness (QED) is 0.686. The van der Waals surface area contributed by atoms with Crippen molar-refractivity contribution in [3.8, 4) is 0 Å². The van der Waals surface area contributed by atoms with Gasteiger partial charge in [-0.1, -0.05) is 56.3 Å². The standard InChI is InChI=1S/C21H19N3S/c1-14(2)16-10-11-18-17(13-16)20(19-9-6-12-25-19)23-24-21(22-18)15-7-4-3-5-8-15/h3-14H,1-2H3,(H,22,24). The third kappa shape index (κ3) is 3.13. The molecule has 1 aromatic heterocycles. The van der Waals surface area contributed by atoms with Gasteiger partial charge < -0.3 is 0 Å². The second-order valence-electron chi connectivity index (χ2n) is 6.31. The number of nitrogens with zero attached hydrogens (tertiary/aromatic N) is 2. The van der Waals surface area contributed by atoms with Crippen molar-refractivity contribution < 1.29 is 0 Å². The number of benzene rings is 2. The Morgan fingerprint density at radius 2 is 1.80 bits per heavy atom. The molecule has 124 valence electrons. The molecule has 0 saturated carbocycles. The molecule has 1 aliphatic heterocycles. The Hall–Kier alpha value is -2.72. The first-order chi connectivity index (χ1) is 12.2. The zero-order valence-corrected chi connectivity index (χ0v) is 15.0. The average Bonchev–Trinajstić information content (AvgIpc) is 3.10. The molecule has 2 aromatic carbocycles. The molecule has 4 rings (SSSR count). The van der Waals surface area contributed by atoms with Gasteiger partial charge in [-0.2, -0.15) is 5.10 Å². The second-order valence-corrected chi connectivity index (χ2v) is 7.25. The Bertz CT molecular complexity index is 939. The smallest absolute Gasteiger partial charge is 0.154 e. The highest BCUT2D eigenvalue weighted by Gasteiger charge is 2.19. The van der Waals surface area contributed by atoms with Gasteiger partial charge in [-0.3, -0.25) is 5.43 Å². The summed E-state index contributed by atoms with van der Waals surface area (Å²) in [5.41, 5.74) is 8.46. The molecule has 0 atom stereocenters. The summed E-state index contributed by atoms with van der Waals surface area (Å²) in [6.45, 7) is 4.41. The maximum atomic E-state index is 4.87. The van der Waals surface area contributed by atoms with Gasteiger partial charge in [0.25, 0.3) is 0 Å². The molecule has 0 unspecified atom stereocenters. The topological polar surface area (TPSA) is 36.8 Å². The molecule has 0 spiro atoms. The van der Waals surface area contributed by atoms with Crippen molar-refractivity contribution in [2.75, 3.05) is 0 Å². The maximum Gasteiger partial charge on any atom is 0.154 e. The molecule has 1 aliphatic rings. The van der Waals surface area contributed by atoms with Crippen molar-refractivity contribution in [2.24, 2.45) is 10.1 Å². The van der Waals surface area contributed by atoms with E-state index in [1.807, 2.05) is 30.3 Å². The predicted octanol–water partition coefficient (Wildman–Crippen LogP) is 5.31. The molecule has 0 aliphatic carbocycles. The van der Waals surface area contributed by atoms with Gasteiger partial charge in [0.15, 0.2) is 5.84 Å². The largest absolute Gasteiger partial charge is 0.260 e. The lowest BCUT2D eigenvalue weighted by molar-refractivity contribution is 0.866. The highest BCUT2D eigenvalue weighted by molar-refractivity contribution is 7.12. The summed E-state index contributed by atoms with van der Waals surface area (Å²) in [5, 5.41) is 6.79. The predicted molar refractivity (Wildman–Crippen MR) is 106 cm³/mol. The van der Waals surface area contributed by atoms with E-state index < -0.39 is 0 Å². The lowest BCUT2D eigenvalue weighted by Crippen LogP contribution is -2.19. The Balaban J connectivity index is 1.89. The van der Waals surface area contributed by atoms with Gasteiger partial charge >= 0.3 is 0 Å². The summed E-state index contributed by atoms with van der Waals surface area (Å²) in [4.78, 5) is 6.00. The number of rotatable bonds is 3. The van der Waals surface area contributed by atoms with Gasteiger partial charge in [0.05, 0.1) is 10.6 Å². The number of amidine groups is 1. The van der Waals surface area contributed by atoms with E-state index in [0.29, 0.717) is 5.92 Å². The Labute approximate surface area is 151 Å². The van der Waals surface area contributed by atoms with Crippen LogP contribution in [0.2, 0.25) is 0 Å². The number of hydrogen-bond acceptors (Lipinski definition) is 4. The molecule has 1 N–H and O–H groups in total. The van der Waals surface area contributed by atoms with Crippen LogP contribution in [0, 0.1) is 0 Å². The molecule has 0 fully saturated rings. The zero-order chi connectivity index (χ0) is 17.2. The fourth-order valence-electron chi connectivity index (χ4n) is 2.84. The lowest BCUT2D eigenvalue weighted by atomic mass is 9.97. The van der Waals surface area contributed by atoms with E-state index in [0.717, 1.165) is 33.2 Å². The van der Waals surface area contributed by atoms with Crippen molar-refractivity contribution in [3.05, 3.63) is 87.6 Å². The van der Waals surface area contributed by atoms with Gasteiger partial charge in [0.1, 0.15) is 5.71 Å². The SMILES string of the molecule is CC(C)c1ccc2c(c1)C(c1cccs1)=NNC(c1ccccc1)=N2. The van der Waals surface area contributed by atoms with Crippen LogP contribution in [0.5, 0.6) is 0 Å². The fourth-order valence-corrected chi connectivity index (χ4v) is 3.57. The Kier molecular flexibility index (Phi) is 4.20. The molecule has 3 aromatic rings. The summed E-state index contributed by atoms with van der Waals surface area (Å²) < 4.78 is 0. The number of thiophene rings is 1. The highest BCUT2D eigenvalue weighted by Crippen LogP contribution is 2.30. The van der Waals surface area contributed by atoms with E-state index in [-0.39, 0.29) is 0 Å². The third-order valence-corrected chi connectivity index (χ3v) is 5.13.